The normalized spacial score (nSPS) is 11.4. The fourth-order valence-corrected chi connectivity index (χ4v) is 1.25. The fraction of sp³-hybridized carbons (Fsp3) is 0.444. The van der Waals surface area contributed by atoms with Crippen LogP contribution in [-0.2, 0) is 0 Å². The van der Waals surface area contributed by atoms with Gasteiger partial charge in [0.2, 0.25) is 0 Å². The van der Waals surface area contributed by atoms with E-state index in [2.05, 4.69) is 15.4 Å². The van der Waals surface area contributed by atoms with Crippen molar-refractivity contribution < 1.29 is 10.0 Å². The van der Waals surface area contributed by atoms with Crippen LogP contribution in [0.2, 0.25) is 0 Å². The maximum atomic E-state index is 11.8. The van der Waals surface area contributed by atoms with E-state index < -0.39 is 0 Å². The Bertz CT molecular complexity index is 360. The standard InChI is InChI=1S/C9H15N5O2/c1-2-14(6-4-8(10)13-16)9(15)7-3-5-11-12-7/h3,5,16H,2,4,6H2,1H3,(H2,10,13)(H,11,12). The van der Waals surface area contributed by atoms with Crippen molar-refractivity contribution in [3.63, 3.8) is 0 Å². The zero-order valence-electron chi connectivity index (χ0n) is 9.05. The van der Waals surface area contributed by atoms with Gasteiger partial charge < -0.3 is 15.8 Å². The van der Waals surface area contributed by atoms with Gasteiger partial charge in [-0.1, -0.05) is 5.16 Å². The highest BCUT2D eigenvalue weighted by Crippen LogP contribution is 2.01. The van der Waals surface area contributed by atoms with Gasteiger partial charge in [-0.15, -0.1) is 0 Å². The van der Waals surface area contributed by atoms with Gasteiger partial charge in [-0.2, -0.15) is 5.10 Å². The average Bonchev–Trinajstić information content (AvgIpc) is 2.82. The third-order valence-corrected chi connectivity index (χ3v) is 2.17. The van der Waals surface area contributed by atoms with Gasteiger partial charge in [-0.3, -0.25) is 9.89 Å². The van der Waals surface area contributed by atoms with Crippen LogP contribution in [0.4, 0.5) is 0 Å². The molecule has 0 aliphatic heterocycles. The van der Waals surface area contributed by atoms with Crippen molar-refractivity contribution in [3.05, 3.63) is 18.0 Å². The largest absolute Gasteiger partial charge is 0.409 e. The Labute approximate surface area is 92.9 Å². The molecule has 0 saturated carbocycles. The van der Waals surface area contributed by atoms with E-state index in [9.17, 15) is 4.79 Å². The number of aromatic nitrogens is 2. The van der Waals surface area contributed by atoms with Crippen LogP contribution >= 0.6 is 0 Å². The SMILES string of the molecule is CCN(CCC(N)=NO)C(=O)c1ccn[nH]1. The molecular weight excluding hydrogens is 210 g/mol. The lowest BCUT2D eigenvalue weighted by Crippen LogP contribution is -2.34. The number of rotatable bonds is 5. The maximum absolute atomic E-state index is 11.8. The molecule has 0 saturated heterocycles. The third kappa shape index (κ3) is 2.97. The summed E-state index contributed by atoms with van der Waals surface area (Å²) in [6, 6.07) is 1.61. The van der Waals surface area contributed by atoms with E-state index in [1.807, 2.05) is 6.92 Å². The minimum Gasteiger partial charge on any atom is -0.409 e. The number of amides is 1. The molecule has 1 aromatic rings. The number of H-pyrrole nitrogens is 1. The van der Waals surface area contributed by atoms with Gasteiger partial charge in [0.25, 0.3) is 5.91 Å². The number of oxime groups is 1. The molecule has 1 aromatic heterocycles. The Morgan fingerprint density at radius 2 is 2.50 bits per heavy atom. The Balaban J connectivity index is 2.58. The first-order valence-corrected chi connectivity index (χ1v) is 4.94. The topological polar surface area (TPSA) is 108 Å². The lowest BCUT2D eigenvalue weighted by Gasteiger charge is -2.19. The van der Waals surface area contributed by atoms with Crippen molar-refractivity contribution >= 4 is 11.7 Å². The second-order valence-corrected chi connectivity index (χ2v) is 3.20. The third-order valence-electron chi connectivity index (χ3n) is 2.17. The molecule has 0 spiro atoms. The summed E-state index contributed by atoms with van der Waals surface area (Å²) in [5.41, 5.74) is 5.77. The summed E-state index contributed by atoms with van der Waals surface area (Å²) in [6.07, 6.45) is 1.86. The van der Waals surface area contributed by atoms with Gasteiger partial charge in [0.1, 0.15) is 11.5 Å². The summed E-state index contributed by atoms with van der Waals surface area (Å²) < 4.78 is 0. The van der Waals surface area contributed by atoms with Crippen LogP contribution in [0.3, 0.4) is 0 Å². The average molecular weight is 225 g/mol. The number of nitrogens with two attached hydrogens (primary N) is 1. The number of hydrogen-bond donors (Lipinski definition) is 3. The van der Waals surface area contributed by atoms with Crippen LogP contribution in [0, 0.1) is 0 Å². The van der Waals surface area contributed by atoms with Crippen molar-refractivity contribution in [3.8, 4) is 0 Å². The van der Waals surface area contributed by atoms with Crippen LogP contribution in [-0.4, -0.2) is 45.1 Å². The molecule has 1 amide bonds. The van der Waals surface area contributed by atoms with Gasteiger partial charge in [0.05, 0.1) is 0 Å². The molecule has 0 aliphatic carbocycles. The number of hydrogen-bond acceptors (Lipinski definition) is 4. The fourth-order valence-electron chi connectivity index (χ4n) is 1.25. The first-order chi connectivity index (χ1) is 7.69. The predicted molar refractivity (Wildman–Crippen MR) is 58.2 cm³/mol. The van der Waals surface area contributed by atoms with E-state index in [-0.39, 0.29) is 11.7 Å². The van der Waals surface area contributed by atoms with Crippen LogP contribution in [0.5, 0.6) is 0 Å². The summed E-state index contributed by atoms with van der Waals surface area (Å²) >= 11 is 0. The Kier molecular flexibility index (Phi) is 4.31. The zero-order chi connectivity index (χ0) is 12.0. The van der Waals surface area contributed by atoms with Crippen molar-refractivity contribution in [1.82, 2.24) is 15.1 Å². The lowest BCUT2D eigenvalue weighted by molar-refractivity contribution is 0.0762. The van der Waals surface area contributed by atoms with Crippen molar-refractivity contribution in [1.29, 1.82) is 0 Å². The molecule has 7 nitrogen and oxygen atoms in total. The summed E-state index contributed by atoms with van der Waals surface area (Å²) in [6.45, 7) is 2.82. The summed E-state index contributed by atoms with van der Waals surface area (Å²) in [4.78, 5) is 13.4. The summed E-state index contributed by atoms with van der Waals surface area (Å²) in [5.74, 6) is -0.0402. The highest BCUT2D eigenvalue weighted by atomic mass is 16.4. The lowest BCUT2D eigenvalue weighted by atomic mass is 10.3. The van der Waals surface area contributed by atoms with Crippen LogP contribution in [0.25, 0.3) is 0 Å². The Hall–Kier alpha value is -2.05. The number of amidine groups is 1. The molecule has 0 radical (unpaired) electrons. The van der Waals surface area contributed by atoms with Crippen molar-refractivity contribution in [2.45, 2.75) is 13.3 Å². The van der Waals surface area contributed by atoms with Crippen molar-refractivity contribution in [2.24, 2.45) is 10.9 Å². The van der Waals surface area contributed by atoms with E-state index in [1.54, 1.807) is 11.0 Å². The summed E-state index contributed by atoms with van der Waals surface area (Å²) in [7, 11) is 0. The first kappa shape index (κ1) is 12.0. The molecule has 16 heavy (non-hydrogen) atoms. The Morgan fingerprint density at radius 3 is 3.00 bits per heavy atom. The predicted octanol–water partition coefficient (Wildman–Crippen LogP) is 0.00830. The number of aromatic amines is 1. The minimum atomic E-state index is -0.147. The quantitative estimate of drug-likeness (QED) is 0.284. The number of nitrogens with one attached hydrogen (secondary N) is 1. The van der Waals surface area contributed by atoms with E-state index in [0.717, 1.165) is 0 Å². The van der Waals surface area contributed by atoms with Crippen LogP contribution in [0.15, 0.2) is 17.4 Å². The molecule has 1 rings (SSSR count). The second kappa shape index (κ2) is 5.74. The molecule has 0 aromatic carbocycles. The highest BCUT2D eigenvalue weighted by molar-refractivity contribution is 5.92. The number of nitrogens with zero attached hydrogens (tertiary/aromatic N) is 3. The minimum absolute atomic E-state index is 0.107. The van der Waals surface area contributed by atoms with E-state index in [4.69, 9.17) is 10.9 Å². The maximum Gasteiger partial charge on any atom is 0.271 e. The van der Waals surface area contributed by atoms with Gasteiger partial charge in [0.15, 0.2) is 0 Å². The molecule has 0 fully saturated rings. The van der Waals surface area contributed by atoms with Gasteiger partial charge in [-0.25, -0.2) is 0 Å². The molecule has 1 heterocycles. The van der Waals surface area contributed by atoms with Gasteiger partial charge in [0, 0.05) is 25.7 Å². The van der Waals surface area contributed by atoms with E-state index in [1.165, 1.54) is 6.20 Å². The van der Waals surface area contributed by atoms with E-state index >= 15 is 0 Å². The number of carbonyl (C=O) groups is 1. The molecule has 88 valence electrons. The highest BCUT2D eigenvalue weighted by Gasteiger charge is 2.15. The molecule has 0 atom stereocenters. The van der Waals surface area contributed by atoms with Crippen molar-refractivity contribution in [2.75, 3.05) is 13.1 Å². The second-order valence-electron chi connectivity index (χ2n) is 3.20. The van der Waals surface area contributed by atoms with Gasteiger partial charge in [-0.05, 0) is 13.0 Å². The molecule has 0 aliphatic rings. The van der Waals surface area contributed by atoms with Crippen LogP contribution in [0.1, 0.15) is 23.8 Å². The summed E-state index contributed by atoms with van der Waals surface area (Å²) in [5, 5.41) is 17.6. The molecule has 7 heteroatoms. The molecule has 0 bridgehead atoms. The molecule has 4 N–H and O–H groups in total. The van der Waals surface area contributed by atoms with E-state index in [0.29, 0.717) is 25.2 Å². The Morgan fingerprint density at radius 1 is 1.75 bits per heavy atom. The molecule has 0 unspecified atom stereocenters. The smallest absolute Gasteiger partial charge is 0.271 e. The number of carbonyl (C=O) groups excluding carboxylic acids is 1. The monoisotopic (exact) mass is 225 g/mol. The van der Waals surface area contributed by atoms with Crippen LogP contribution < -0.4 is 5.73 Å². The molecular formula is C9H15N5O2. The van der Waals surface area contributed by atoms with Gasteiger partial charge >= 0.3 is 0 Å². The first-order valence-electron chi connectivity index (χ1n) is 4.94. The zero-order valence-corrected chi connectivity index (χ0v) is 9.05.